The molecule has 12 rings (SSSR count). The molecule has 0 bridgehead atoms. The van der Waals surface area contributed by atoms with Crippen molar-refractivity contribution in [3.8, 4) is 0 Å². The Balaban J connectivity index is 0.760. The predicted molar refractivity (Wildman–Crippen MR) is 329 cm³/mol. The molecule has 0 aromatic carbocycles. The lowest BCUT2D eigenvalue weighted by Gasteiger charge is -2.27. The fourth-order valence-corrected chi connectivity index (χ4v) is 15.3. The van der Waals surface area contributed by atoms with Crippen molar-refractivity contribution < 1.29 is 133 Å². The second-order valence-electron chi connectivity index (χ2n) is 23.0. The average molecular weight is 1540 g/mol. The number of H-pyrrole nitrogens is 2. The number of phosphoric ester groups is 4. The largest absolute Gasteiger partial charge is 0.472 e. The van der Waals surface area contributed by atoms with Crippen LogP contribution in [0.5, 0.6) is 0 Å². The first-order chi connectivity index (χ1) is 48.5. The minimum Gasteiger partial charge on any atom is -0.394 e. The first-order valence-corrected chi connectivity index (χ1v) is 35.6. The number of aromatic amines is 2. The van der Waals surface area contributed by atoms with Crippen LogP contribution in [0.3, 0.4) is 0 Å². The van der Waals surface area contributed by atoms with Crippen molar-refractivity contribution in [2.45, 2.75) is 123 Å². The van der Waals surface area contributed by atoms with E-state index in [1.165, 1.54) is 0 Å². The number of nitrogens with one attached hydrogen (secondary N) is 2. The Kier molecular flexibility index (Phi) is 21.1. The van der Waals surface area contributed by atoms with Crippen molar-refractivity contribution in [2.24, 2.45) is 0 Å². The lowest BCUT2D eigenvalue weighted by molar-refractivity contribution is -0.0661. The number of aliphatic hydroxyl groups excluding tert-OH is 7. The van der Waals surface area contributed by atoms with Gasteiger partial charge in [-0.3, -0.25) is 78.6 Å². The van der Waals surface area contributed by atoms with Crippen molar-refractivity contribution in [3.05, 3.63) is 102 Å². The van der Waals surface area contributed by atoms with E-state index in [0.29, 0.717) is 9.13 Å². The molecule has 0 aliphatic carbocycles. The van der Waals surface area contributed by atoms with Gasteiger partial charge in [-0.25, -0.2) is 42.6 Å². The molecule has 7 aromatic rings. The summed E-state index contributed by atoms with van der Waals surface area (Å²) in [4.78, 5) is 140. The van der Waals surface area contributed by atoms with Crippen molar-refractivity contribution in [1.29, 1.82) is 0 Å². The number of hydrogen-bond donors (Lipinski definition) is 18. The third-order valence-electron chi connectivity index (χ3n) is 16.2. The number of anilines is 5. The second kappa shape index (κ2) is 29.0. The van der Waals surface area contributed by atoms with E-state index in [4.69, 9.17) is 88.5 Å². The van der Waals surface area contributed by atoms with Crippen molar-refractivity contribution in [3.63, 3.8) is 0 Å². The maximum Gasteiger partial charge on any atom is 0.472 e. The van der Waals surface area contributed by atoms with E-state index in [2.05, 4.69) is 44.9 Å². The number of aliphatic hydroxyl groups is 7. The highest BCUT2D eigenvalue weighted by Gasteiger charge is 2.56. The van der Waals surface area contributed by atoms with Gasteiger partial charge in [-0.15, -0.1) is 0 Å². The molecule has 5 aliphatic heterocycles. The van der Waals surface area contributed by atoms with Gasteiger partial charge in [0.1, 0.15) is 109 Å². The van der Waals surface area contributed by atoms with Crippen molar-refractivity contribution >= 4 is 83.0 Å². The van der Waals surface area contributed by atoms with Crippen LogP contribution in [0.2, 0.25) is 0 Å². The van der Waals surface area contributed by atoms with Crippen LogP contribution in [0.15, 0.2) is 73.4 Å². The number of nitrogen functional groups attached to an aromatic ring is 5. The summed E-state index contributed by atoms with van der Waals surface area (Å²) >= 11 is 0. The smallest absolute Gasteiger partial charge is 0.394 e. The van der Waals surface area contributed by atoms with E-state index in [0.717, 1.165) is 63.1 Å². The summed E-state index contributed by atoms with van der Waals surface area (Å²) in [7, 11) is -23.0. The highest BCUT2D eigenvalue weighted by atomic mass is 31.2. The van der Waals surface area contributed by atoms with E-state index in [1.807, 2.05) is 0 Å². The van der Waals surface area contributed by atoms with Crippen molar-refractivity contribution in [2.75, 3.05) is 61.7 Å². The number of nitrogens with zero attached hydrogens (tertiary/aromatic N) is 12. The van der Waals surface area contributed by atoms with Crippen LogP contribution >= 0.6 is 31.3 Å². The van der Waals surface area contributed by atoms with Gasteiger partial charge < -0.3 is 108 Å². The third-order valence-corrected chi connectivity index (χ3v) is 20.1. The lowest BCUT2D eigenvalue weighted by atomic mass is 10.1. The Hall–Kier alpha value is -7.70. The Bertz CT molecular complexity index is 4850. The Morgan fingerprint density at radius 1 is 0.408 bits per heavy atom. The normalized spacial score (nSPS) is 32.6. The summed E-state index contributed by atoms with van der Waals surface area (Å²) in [6.45, 7) is -6.15. The number of aromatic nitrogens is 14. The molecular weight excluding hydrogens is 1480 g/mol. The number of hydrogen-bond acceptors (Lipinski definition) is 41. The third kappa shape index (κ3) is 15.5. The fourth-order valence-electron chi connectivity index (χ4n) is 11.5. The first kappa shape index (κ1) is 75.0. The quantitative estimate of drug-likeness (QED) is 0.0224. The topological polar surface area (TPSA) is 773 Å². The van der Waals surface area contributed by atoms with Crippen molar-refractivity contribution in [1.82, 2.24) is 67.7 Å². The van der Waals surface area contributed by atoms with Gasteiger partial charge in [-0.05, 0) is 18.2 Å². The maximum atomic E-state index is 14.3. The van der Waals surface area contributed by atoms with Gasteiger partial charge in [0.15, 0.2) is 53.5 Å². The summed E-state index contributed by atoms with van der Waals surface area (Å²) in [6.07, 6.45) is -35.4. The minimum atomic E-state index is -5.90. The lowest BCUT2D eigenvalue weighted by Crippen LogP contribution is -2.39. The monoisotopic (exact) mass is 1540 g/mol. The number of ether oxygens (including phenoxy) is 5. The standard InChI is InChI=1S/C47H61N19O33P4/c48-19-1-4-62(45(76)55-19)38-25(69)24(68)15(92-38)8-87-100(79,80)97-31-16(93-39(27(31)71)63-5-2-20(49)56-46(63)77)9-89-102(83,84)98-32-17(94-40(28(32)72)64-6-3-21(50)57-47(64)78)10-90-103(85,86)99-33-18(95-42(29(33)73)66-13-54-23-35(66)59-44(52)61-37(23)75)11-88-101(81,82)96-30-14(7-67)91-41(26(30)70)65-12-53-22-34(65)58-43(51)60-36(22)74/h1-6,12-18,24-33,38-42,67-73H,7-11H2,(H,79,80)(H,81,82)(H,83,84)(H,85,86)(H2,48,55,76)(H2,49,56,77)(H2,50,57,78)(H3,51,58,60,74)(H3,52,59,61,75)/t14-,15-,16-,17-,18-,24-,25-,26-,27-,28-,29-,30-,31-,32-,33-,38-,39-,40-,41-,42-/m1/s1. The molecule has 5 saturated heterocycles. The average Bonchev–Trinajstić information content (AvgIpc) is 1.62. The summed E-state index contributed by atoms with van der Waals surface area (Å²) < 4.78 is 130. The molecule has 103 heavy (non-hydrogen) atoms. The molecule has 0 spiro atoms. The van der Waals surface area contributed by atoms with E-state index in [9.17, 15) is 97.6 Å². The molecule has 0 amide bonds. The SMILES string of the molecule is Nc1ccn([C@@H]2O[C@H](COP(=O)(O)O[C@H]3[C@@H](O)[C@H](n4ccc(N)nc4=O)O[C@@H]3COP(=O)(O)O[C@H]3[C@@H](O)[C@H](n4ccc(N)nc4=O)O[C@@H]3COP(=O)(O)O[C@H]3[C@@H](O)[C@H](n4cnc5c(=O)[nH]c(N)nc54)O[C@@H]3COP(=O)(O)O[C@H]3[C@@H](O)[C@H](n4cnc5c(=O)[nH]c(N)nc54)O[C@@H]3CO)[C@@H](O)[C@H]2O)c(=O)n1. The fraction of sp³-hybridized carbons (Fsp3) is 0.532. The van der Waals surface area contributed by atoms with E-state index in [1.54, 1.807) is 0 Å². The van der Waals surface area contributed by atoms with Crippen LogP contribution in [0.4, 0.5) is 29.4 Å². The zero-order chi connectivity index (χ0) is 74.3. The number of nitrogens with two attached hydrogens (primary N) is 5. The van der Waals surface area contributed by atoms with Gasteiger partial charge in [0.25, 0.3) is 11.1 Å². The number of fused-ring (bicyclic) bond motifs is 2. The second-order valence-corrected chi connectivity index (χ2v) is 28.6. The molecule has 562 valence electrons. The first-order valence-electron chi connectivity index (χ1n) is 29.6. The molecule has 56 heteroatoms. The van der Waals surface area contributed by atoms with E-state index in [-0.39, 0.29) is 40.2 Å². The summed E-state index contributed by atoms with van der Waals surface area (Å²) in [5.41, 5.74) is 21.9. The zero-order valence-corrected chi connectivity index (χ0v) is 55.2. The van der Waals surface area contributed by atoms with Crippen LogP contribution in [0.1, 0.15) is 31.1 Å². The Morgan fingerprint density at radius 3 is 1.01 bits per heavy atom. The molecule has 23 N–H and O–H groups in total. The number of phosphoric acid groups is 4. The van der Waals surface area contributed by atoms with Crippen LogP contribution in [0, 0.1) is 0 Å². The maximum absolute atomic E-state index is 14.3. The van der Waals surface area contributed by atoms with Crippen LogP contribution in [0.25, 0.3) is 22.3 Å². The zero-order valence-electron chi connectivity index (χ0n) is 51.6. The molecule has 4 unspecified atom stereocenters. The molecule has 52 nitrogen and oxygen atoms in total. The molecule has 24 atom stereocenters. The van der Waals surface area contributed by atoms with Gasteiger partial charge in [0.2, 0.25) is 11.9 Å². The minimum absolute atomic E-state index is 0.209. The van der Waals surface area contributed by atoms with Crippen LogP contribution < -0.4 is 56.9 Å². The molecule has 0 saturated carbocycles. The van der Waals surface area contributed by atoms with Gasteiger partial charge in [-0.1, -0.05) is 0 Å². The number of imidazole rings is 2. The summed E-state index contributed by atoms with van der Waals surface area (Å²) in [5.74, 6) is -1.75. The molecular formula is C47H61N19O33P4. The molecule has 5 fully saturated rings. The molecule has 5 aliphatic rings. The highest BCUT2D eigenvalue weighted by molar-refractivity contribution is 7.48. The van der Waals surface area contributed by atoms with E-state index < -0.39 is 227 Å². The molecule has 12 heterocycles. The Labute approximate surface area is 568 Å². The van der Waals surface area contributed by atoms with Crippen LogP contribution in [-0.2, 0) is 78.1 Å². The summed E-state index contributed by atoms with van der Waals surface area (Å²) in [5, 5.41) is 78.3. The van der Waals surface area contributed by atoms with E-state index >= 15 is 0 Å². The van der Waals surface area contributed by atoms with Gasteiger partial charge >= 0.3 is 48.4 Å². The van der Waals surface area contributed by atoms with Gasteiger partial charge in [0.05, 0.1) is 45.7 Å². The Morgan fingerprint density at radius 2 is 0.689 bits per heavy atom. The van der Waals surface area contributed by atoms with Gasteiger partial charge in [0, 0.05) is 18.6 Å². The molecule has 0 radical (unpaired) electrons. The van der Waals surface area contributed by atoms with Crippen LogP contribution in [-0.4, -0.2) is 248 Å². The predicted octanol–water partition coefficient (Wildman–Crippen LogP) is -8.41. The summed E-state index contributed by atoms with van der Waals surface area (Å²) in [6, 6.07) is 3.25. The highest BCUT2D eigenvalue weighted by Crippen LogP contribution is 2.55. The molecule has 7 aromatic heterocycles. The van der Waals surface area contributed by atoms with Gasteiger partial charge in [-0.2, -0.15) is 24.9 Å². The number of rotatable bonds is 26.